The zero-order chi connectivity index (χ0) is 24.1. The lowest BCUT2D eigenvalue weighted by atomic mass is 9.66. The monoisotopic (exact) mass is 462 g/mol. The Morgan fingerprint density at radius 2 is 1.65 bits per heavy atom. The van der Waals surface area contributed by atoms with Crippen molar-refractivity contribution in [3.8, 4) is 11.1 Å². The van der Waals surface area contributed by atoms with Crippen LogP contribution in [0.4, 0.5) is 4.79 Å². The molecule has 4 rings (SSSR count). The first kappa shape index (κ1) is 23.5. The fourth-order valence-corrected chi connectivity index (χ4v) is 4.85. The molecule has 0 unspecified atom stereocenters. The molecule has 0 saturated heterocycles. The summed E-state index contributed by atoms with van der Waals surface area (Å²) >= 11 is 0. The number of hydrogen-bond acceptors (Lipinski definition) is 4. The first-order valence-corrected chi connectivity index (χ1v) is 11.6. The number of benzene rings is 2. The molecule has 2 amide bonds. The van der Waals surface area contributed by atoms with E-state index in [0.717, 1.165) is 30.4 Å². The highest BCUT2D eigenvalue weighted by Gasteiger charge is 2.39. The van der Waals surface area contributed by atoms with Gasteiger partial charge in [0.2, 0.25) is 5.91 Å². The van der Waals surface area contributed by atoms with Gasteiger partial charge in [-0.1, -0.05) is 61.0 Å². The summed E-state index contributed by atoms with van der Waals surface area (Å²) in [7, 11) is 0. The molecule has 2 aliphatic carbocycles. The van der Waals surface area contributed by atoms with Crippen molar-refractivity contribution in [1.29, 1.82) is 0 Å². The largest absolute Gasteiger partial charge is 0.481 e. The number of carbonyl (C=O) groups excluding carboxylic acids is 2. The summed E-state index contributed by atoms with van der Waals surface area (Å²) < 4.78 is 5.50. The zero-order valence-electron chi connectivity index (χ0n) is 19.3. The standard InChI is InChI=1S/C27H30N2O5/c1-18(25(32)29-17-27(12-6-13-27)15-24(30)31)11-14-28-26(33)34-16-23-21-9-4-2-7-19(21)20-8-3-5-10-22(20)23/h2-5,7-11,23H,6,12-17H2,1H3,(H,28,33)(H,29,32)(H,30,31)/b18-11+. The zero-order valence-corrected chi connectivity index (χ0v) is 19.3. The first-order valence-electron chi connectivity index (χ1n) is 11.6. The van der Waals surface area contributed by atoms with Gasteiger partial charge in [0.25, 0.3) is 0 Å². The van der Waals surface area contributed by atoms with Gasteiger partial charge in [0.1, 0.15) is 6.61 Å². The fraction of sp³-hybridized carbons (Fsp3) is 0.370. The lowest BCUT2D eigenvalue weighted by molar-refractivity contribution is -0.141. The second-order valence-electron chi connectivity index (χ2n) is 9.20. The van der Waals surface area contributed by atoms with E-state index in [9.17, 15) is 14.4 Å². The number of nitrogens with one attached hydrogen (secondary N) is 2. The number of carbonyl (C=O) groups is 3. The van der Waals surface area contributed by atoms with Crippen LogP contribution in [-0.2, 0) is 14.3 Å². The molecule has 1 fully saturated rings. The van der Waals surface area contributed by atoms with Crippen molar-refractivity contribution in [3.63, 3.8) is 0 Å². The molecule has 34 heavy (non-hydrogen) atoms. The maximum Gasteiger partial charge on any atom is 0.407 e. The van der Waals surface area contributed by atoms with Crippen LogP contribution >= 0.6 is 0 Å². The minimum atomic E-state index is -0.839. The number of alkyl carbamates (subject to hydrolysis) is 1. The summed E-state index contributed by atoms with van der Waals surface area (Å²) in [4.78, 5) is 35.7. The van der Waals surface area contributed by atoms with E-state index in [0.29, 0.717) is 12.1 Å². The van der Waals surface area contributed by atoms with Gasteiger partial charge in [-0.05, 0) is 47.4 Å². The summed E-state index contributed by atoms with van der Waals surface area (Å²) in [5.74, 6) is -1.11. The van der Waals surface area contributed by atoms with Crippen molar-refractivity contribution in [2.45, 2.75) is 38.5 Å². The Balaban J connectivity index is 1.24. The van der Waals surface area contributed by atoms with Crippen LogP contribution in [0.25, 0.3) is 11.1 Å². The number of aliphatic carboxylic acids is 1. The van der Waals surface area contributed by atoms with E-state index in [1.165, 1.54) is 11.1 Å². The van der Waals surface area contributed by atoms with Gasteiger partial charge >= 0.3 is 12.1 Å². The van der Waals surface area contributed by atoms with E-state index in [2.05, 4.69) is 34.9 Å². The molecule has 0 atom stereocenters. The number of carboxylic acids is 1. The molecule has 2 aromatic rings. The third-order valence-electron chi connectivity index (χ3n) is 6.92. The molecule has 0 aliphatic heterocycles. The van der Waals surface area contributed by atoms with E-state index >= 15 is 0 Å². The van der Waals surface area contributed by atoms with E-state index in [-0.39, 0.29) is 36.8 Å². The Hall–Kier alpha value is -3.61. The van der Waals surface area contributed by atoms with Gasteiger partial charge in [-0.15, -0.1) is 0 Å². The summed E-state index contributed by atoms with van der Waals surface area (Å²) in [6, 6.07) is 16.3. The molecule has 7 heteroatoms. The molecule has 7 nitrogen and oxygen atoms in total. The number of hydrogen-bond donors (Lipinski definition) is 3. The topological polar surface area (TPSA) is 105 Å². The van der Waals surface area contributed by atoms with Gasteiger partial charge in [-0.25, -0.2) is 4.79 Å². The highest BCUT2D eigenvalue weighted by atomic mass is 16.5. The molecule has 3 N–H and O–H groups in total. The van der Waals surface area contributed by atoms with Crippen molar-refractivity contribution in [2.75, 3.05) is 19.7 Å². The third kappa shape index (κ3) is 5.14. The predicted molar refractivity (Wildman–Crippen MR) is 128 cm³/mol. The molecule has 0 heterocycles. The molecule has 178 valence electrons. The van der Waals surface area contributed by atoms with Crippen LogP contribution in [-0.4, -0.2) is 42.8 Å². The normalized spacial score (nSPS) is 16.1. The van der Waals surface area contributed by atoms with Gasteiger partial charge in [-0.3, -0.25) is 9.59 Å². The Morgan fingerprint density at radius 3 is 2.21 bits per heavy atom. The van der Waals surface area contributed by atoms with E-state index in [1.54, 1.807) is 13.0 Å². The van der Waals surface area contributed by atoms with Crippen molar-refractivity contribution < 1.29 is 24.2 Å². The van der Waals surface area contributed by atoms with Gasteiger partial charge in [0, 0.05) is 24.6 Å². The number of ether oxygens (including phenoxy) is 1. The number of rotatable bonds is 9. The van der Waals surface area contributed by atoms with E-state index in [1.807, 2.05) is 24.3 Å². The molecule has 0 bridgehead atoms. The van der Waals surface area contributed by atoms with Gasteiger partial charge < -0.3 is 20.5 Å². The van der Waals surface area contributed by atoms with Crippen LogP contribution in [0.3, 0.4) is 0 Å². The maximum atomic E-state index is 12.4. The second kappa shape index (κ2) is 10.1. The minimum Gasteiger partial charge on any atom is -0.481 e. The van der Waals surface area contributed by atoms with E-state index < -0.39 is 12.1 Å². The molecule has 2 aromatic carbocycles. The van der Waals surface area contributed by atoms with Crippen LogP contribution in [0.5, 0.6) is 0 Å². The number of amides is 2. The molecular formula is C27H30N2O5. The van der Waals surface area contributed by atoms with Crippen molar-refractivity contribution in [1.82, 2.24) is 10.6 Å². The van der Waals surface area contributed by atoms with Crippen LogP contribution < -0.4 is 10.6 Å². The summed E-state index contributed by atoms with van der Waals surface area (Å²) in [5.41, 5.74) is 4.77. The lowest BCUT2D eigenvalue weighted by Gasteiger charge is -2.40. The molecule has 0 spiro atoms. The average molecular weight is 463 g/mol. The summed E-state index contributed by atoms with van der Waals surface area (Å²) in [6.07, 6.45) is 3.77. The predicted octanol–water partition coefficient (Wildman–Crippen LogP) is 4.23. The molecular weight excluding hydrogens is 432 g/mol. The highest BCUT2D eigenvalue weighted by Crippen LogP contribution is 2.45. The quantitative estimate of drug-likeness (QED) is 0.484. The van der Waals surface area contributed by atoms with Crippen molar-refractivity contribution >= 4 is 18.0 Å². The maximum absolute atomic E-state index is 12.4. The Labute approximate surface area is 199 Å². The Bertz CT molecular complexity index is 1070. The number of fused-ring (bicyclic) bond motifs is 3. The molecule has 1 saturated carbocycles. The molecule has 0 aromatic heterocycles. The van der Waals surface area contributed by atoms with Crippen molar-refractivity contribution in [2.24, 2.45) is 5.41 Å². The first-order chi connectivity index (χ1) is 16.4. The molecule has 2 aliphatic rings. The Morgan fingerprint density at radius 1 is 1.03 bits per heavy atom. The second-order valence-corrected chi connectivity index (χ2v) is 9.20. The fourth-order valence-electron chi connectivity index (χ4n) is 4.85. The van der Waals surface area contributed by atoms with Gasteiger partial charge in [0.05, 0.1) is 6.42 Å². The van der Waals surface area contributed by atoms with Crippen LogP contribution in [0, 0.1) is 5.41 Å². The van der Waals surface area contributed by atoms with Crippen molar-refractivity contribution in [3.05, 3.63) is 71.3 Å². The SMILES string of the molecule is C/C(=C\CNC(=O)OCC1c2ccccc2-c2ccccc21)C(=O)NCC1(CC(=O)O)CCC1. The Kier molecular flexibility index (Phi) is 7.01. The average Bonchev–Trinajstić information content (AvgIpc) is 3.12. The van der Waals surface area contributed by atoms with Crippen LogP contribution in [0.15, 0.2) is 60.2 Å². The van der Waals surface area contributed by atoms with Crippen LogP contribution in [0.1, 0.15) is 49.7 Å². The third-order valence-corrected chi connectivity index (χ3v) is 6.92. The molecule has 0 radical (unpaired) electrons. The smallest absolute Gasteiger partial charge is 0.407 e. The summed E-state index contributed by atoms with van der Waals surface area (Å²) in [5, 5.41) is 14.6. The van der Waals surface area contributed by atoms with Gasteiger partial charge in [-0.2, -0.15) is 0 Å². The van der Waals surface area contributed by atoms with Gasteiger partial charge in [0.15, 0.2) is 0 Å². The lowest BCUT2D eigenvalue weighted by Crippen LogP contribution is -2.43. The minimum absolute atomic E-state index is 0.00849. The number of carboxylic acid groups (broad SMARTS) is 1. The highest BCUT2D eigenvalue weighted by molar-refractivity contribution is 5.92. The van der Waals surface area contributed by atoms with Crippen LogP contribution in [0.2, 0.25) is 0 Å². The summed E-state index contributed by atoms with van der Waals surface area (Å²) in [6.45, 7) is 2.41. The van der Waals surface area contributed by atoms with E-state index in [4.69, 9.17) is 9.84 Å².